The summed E-state index contributed by atoms with van der Waals surface area (Å²) in [5.74, 6) is -0.254. The number of amides is 1. The van der Waals surface area contributed by atoms with Crippen molar-refractivity contribution in [2.75, 3.05) is 19.3 Å². The van der Waals surface area contributed by atoms with Gasteiger partial charge < -0.3 is 5.32 Å². The van der Waals surface area contributed by atoms with Gasteiger partial charge in [-0.3, -0.25) is 4.79 Å². The van der Waals surface area contributed by atoms with Gasteiger partial charge in [0, 0.05) is 19.1 Å². The van der Waals surface area contributed by atoms with Crippen molar-refractivity contribution in [3.8, 4) is 0 Å². The molecule has 0 aliphatic carbocycles. The fourth-order valence-corrected chi connectivity index (χ4v) is 3.43. The van der Waals surface area contributed by atoms with E-state index in [2.05, 4.69) is 5.32 Å². The molecule has 1 amide bonds. The first kappa shape index (κ1) is 17.9. The van der Waals surface area contributed by atoms with E-state index in [-0.39, 0.29) is 11.9 Å². The van der Waals surface area contributed by atoms with Crippen molar-refractivity contribution >= 4 is 27.5 Å². The van der Waals surface area contributed by atoms with Crippen LogP contribution in [0.4, 0.5) is 0 Å². The van der Waals surface area contributed by atoms with Crippen LogP contribution in [0, 0.1) is 0 Å². The highest BCUT2D eigenvalue weighted by Crippen LogP contribution is 2.14. The van der Waals surface area contributed by atoms with Crippen LogP contribution in [0.5, 0.6) is 0 Å². The lowest BCUT2D eigenvalue weighted by Gasteiger charge is -2.23. The molecule has 0 heterocycles. The number of carbonyl (C=O) groups excluding carboxylic acids is 1. The molecule has 0 radical (unpaired) electrons. The largest absolute Gasteiger partial charge is 0.352 e. The van der Waals surface area contributed by atoms with E-state index in [4.69, 9.17) is 11.6 Å². The number of hydrogen-bond donors (Lipinski definition) is 1. The smallest absolute Gasteiger partial charge is 0.252 e. The Hall–Kier alpha value is -1.11. The van der Waals surface area contributed by atoms with Gasteiger partial charge in [-0.25, -0.2) is 8.42 Å². The van der Waals surface area contributed by atoms with Gasteiger partial charge in [-0.15, -0.1) is 0 Å². The summed E-state index contributed by atoms with van der Waals surface area (Å²) in [6, 6.07) is 6.70. The summed E-state index contributed by atoms with van der Waals surface area (Å²) in [5.41, 5.74) is 0.419. The fourth-order valence-electron chi connectivity index (χ4n) is 1.98. The number of nitrogens with one attached hydrogen (secondary N) is 1. The molecular weight excluding hydrogens is 312 g/mol. The van der Waals surface area contributed by atoms with Gasteiger partial charge in [0.05, 0.1) is 16.8 Å². The van der Waals surface area contributed by atoms with Crippen molar-refractivity contribution < 1.29 is 13.2 Å². The molecule has 1 N–H and O–H groups in total. The van der Waals surface area contributed by atoms with E-state index < -0.39 is 10.0 Å². The highest BCUT2D eigenvalue weighted by molar-refractivity contribution is 7.88. The Balaban J connectivity index is 2.47. The topological polar surface area (TPSA) is 66.5 Å². The van der Waals surface area contributed by atoms with Gasteiger partial charge in [-0.2, -0.15) is 4.31 Å². The monoisotopic (exact) mass is 332 g/mol. The highest BCUT2D eigenvalue weighted by Gasteiger charge is 2.19. The lowest BCUT2D eigenvalue weighted by molar-refractivity contribution is 0.0953. The lowest BCUT2D eigenvalue weighted by Crippen LogP contribution is -2.38. The molecule has 0 bridgehead atoms. The van der Waals surface area contributed by atoms with Crippen LogP contribution in [0.3, 0.4) is 0 Å². The SMILES string of the molecule is CC(C)N(CCCNC(=O)c1ccccc1Cl)S(C)(=O)=O. The van der Waals surface area contributed by atoms with Gasteiger partial charge >= 0.3 is 0 Å². The molecule has 0 aromatic heterocycles. The van der Waals surface area contributed by atoms with Gasteiger partial charge in [-0.05, 0) is 32.4 Å². The summed E-state index contributed by atoms with van der Waals surface area (Å²) < 4.78 is 24.6. The molecule has 1 aromatic carbocycles. The number of benzene rings is 1. The molecule has 0 spiro atoms. The second kappa shape index (κ2) is 7.77. The molecule has 5 nitrogen and oxygen atoms in total. The molecular formula is C14H21ClN2O3S. The van der Waals surface area contributed by atoms with Crippen LogP contribution >= 0.6 is 11.6 Å². The minimum Gasteiger partial charge on any atom is -0.352 e. The second-order valence-corrected chi connectivity index (χ2v) is 7.40. The summed E-state index contributed by atoms with van der Waals surface area (Å²) in [7, 11) is -3.22. The Kier molecular flexibility index (Phi) is 6.64. The Morgan fingerprint density at radius 1 is 1.33 bits per heavy atom. The number of hydrogen-bond acceptors (Lipinski definition) is 3. The number of halogens is 1. The van der Waals surface area contributed by atoms with Crippen LogP contribution in [-0.2, 0) is 10.0 Å². The molecule has 0 saturated carbocycles. The molecule has 0 aliphatic heterocycles. The van der Waals surface area contributed by atoms with Crippen molar-refractivity contribution in [2.45, 2.75) is 26.3 Å². The zero-order valence-corrected chi connectivity index (χ0v) is 14.0. The van der Waals surface area contributed by atoms with E-state index in [1.807, 2.05) is 13.8 Å². The standard InChI is InChI=1S/C14H21ClN2O3S/c1-11(2)17(21(3,19)20)10-6-9-16-14(18)12-7-4-5-8-13(12)15/h4-5,7-8,11H,6,9-10H2,1-3H3,(H,16,18). The third-order valence-electron chi connectivity index (χ3n) is 2.96. The normalized spacial score (nSPS) is 11.9. The molecule has 0 aliphatic rings. The van der Waals surface area contributed by atoms with Crippen LogP contribution < -0.4 is 5.32 Å². The Morgan fingerprint density at radius 2 is 1.95 bits per heavy atom. The average molecular weight is 333 g/mol. The van der Waals surface area contributed by atoms with E-state index in [9.17, 15) is 13.2 Å². The van der Waals surface area contributed by atoms with Crippen molar-refractivity contribution in [3.05, 3.63) is 34.9 Å². The van der Waals surface area contributed by atoms with Gasteiger partial charge in [0.15, 0.2) is 0 Å². The van der Waals surface area contributed by atoms with Crippen molar-refractivity contribution in [1.82, 2.24) is 9.62 Å². The third kappa shape index (κ3) is 5.65. The van der Waals surface area contributed by atoms with Crippen LogP contribution in [0.15, 0.2) is 24.3 Å². The maximum atomic E-state index is 11.9. The molecule has 118 valence electrons. The third-order valence-corrected chi connectivity index (χ3v) is 4.75. The van der Waals surface area contributed by atoms with Gasteiger partial charge in [0.2, 0.25) is 10.0 Å². The molecule has 0 unspecified atom stereocenters. The summed E-state index contributed by atoms with van der Waals surface area (Å²) in [4.78, 5) is 11.9. The number of sulfonamides is 1. The Morgan fingerprint density at radius 3 is 2.48 bits per heavy atom. The van der Waals surface area contributed by atoms with Crippen molar-refractivity contribution in [1.29, 1.82) is 0 Å². The first-order valence-corrected chi connectivity index (χ1v) is 8.95. The summed E-state index contributed by atoms with van der Waals surface area (Å²) >= 11 is 5.94. The average Bonchev–Trinajstić information content (AvgIpc) is 2.36. The quantitative estimate of drug-likeness (QED) is 0.778. The van der Waals surface area contributed by atoms with Crippen LogP contribution in [0.25, 0.3) is 0 Å². The zero-order valence-electron chi connectivity index (χ0n) is 12.5. The van der Waals surface area contributed by atoms with Gasteiger partial charge in [0.25, 0.3) is 5.91 Å². The minimum absolute atomic E-state index is 0.0979. The molecule has 21 heavy (non-hydrogen) atoms. The van der Waals surface area contributed by atoms with E-state index in [0.29, 0.717) is 30.1 Å². The molecule has 0 atom stereocenters. The summed E-state index contributed by atoms with van der Waals surface area (Å²) in [6.07, 6.45) is 1.73. The van der Waals surface area contributed by atoms with Gasteiger partial charge in [-0.1, -0.05) is 23.7 Å². The number of carbonyl (C=O) groups is 1. The predicted octanol–water partition coefficient (Wildman–Crippen LogP) is 2.13. The maximum absolute atomic E-state index is 11.9. The molecule has 7 heteroatoms. The first-order chi connectivity index (χ1) is 9.73. The van der Waals surface area contributed by atoms with E-state index in [1.54, 1.807) is 24.3 Å². The molecule has 0 fully saturated rings. The first-order valence-electron chi connectivity index (χ1n) is 6.73. The Labute approximate surface area is 131 Å². The summed E-state index contributed by atoms with van der Waals surface area (Å²) in [6.45, 7) is 4.41. The maximum Gasteiger partial charge on any atom is 0.252 e. The van der Waals surface area contributed by atoms with Crippen molar-refractivity contribution in [2.24, 2.45) is 0 Å². The van der Waals surface area contributed by atoms with E-state index >= 15 is 0 Å². The summed E-state index contributed by atoms with van der Waals surface area (Å²) in [5, 5.41) is 3.14. The zero-order chi connectivity index (χ0) is 16.0. The van der Waals surface area contributed by atoms with Gasteiger partial charge in [0.1, 0.15) is 0 Å². The van der Waals surface area contributed by atoms with Crippen molar-refractivity contribution in [3.63, 3.8) is 0 Å². The number of nitrogens with zero attached hydrogens (tertiary/aromatic N) is 1. The second-order valence-electron chi connectivity index (χ2n) is 5.06. The highest BCUT2D eigenvalue weighted by atomic mass is 35.5. The van der Waals surface area contributed by atoms with Crippen LogP contribution in [0.2, 0.25) is 5.02 Å². The lowest BCUT2D eigenvalue weighted by atomic mass is 10.2. The molecule has 0 saturated heterocycles. The van der Waals surface area contributed by atoms with Crippen LogP contribution in [-0.4, -0.2) is 44.0 Å². The Bertz CT molecular complexity index is 588. The molecule has 1 rings (SSSR count). The van der Waals surface area contributed by atoms with E-state index in [0.717, 1.165) is 0 Å². The fraction of sp³-hybridized carbons (Fsp3) is 0.500. The minimum atomic E-state index is -3.22. The van der Waals surface area contributed by atoms with E-state index in [1.165, 1.54) is 10.6 Å². The number of rotatable bonds is 7. The predicted molar refractivity (Wildman–Crippen MR) is 85.1 cm³/mol. The molecule has 1 aromatic rings. The van der Waals surface area contributed by atoms with Crippen LogP contribution in [0.1, 0.15) is 30.6 Å².